The molecule has 8 heteroatoms. The molecule has 0 saturated heterocycles. The van der Waals surface area contributed by atoms with Gasteiger partial charge in [-0.3, -0.25) is 5.73 Å². The van der Waals surface area contributed by atoms with Gasteiger partial charge in [0.05, 0.1) is 12.8 Å². The lowest BCUT2D eigenvalue weighted by molar-refractivity contribution is 0.368. The van der Waals surface area contributed by atoms with Crippen molar-refractivity contribution in [3.63, 3.8) is 0 Å². The van der Waals surface area contributed by atoms with E-state index in [-0.39, 0.29) is 5.92 Å². The summed E-state index contributed by atoms with van der Waals surface area (Å²) in [6.07, 6.45) is 5.37. The van der Waals surface area contributed by atoms with Gasteiger partial charge in [-0.05, 0) is 30.5 Å². The fraction of sp³-hybridized carbons (Fsp3) is 0.280. The Hall–Kier alpha value is -3.29. The molecule has 3 aromatic rings. The highest BCUT2D eigenvalue weighted by Gasteiger charge is 2.41. The van der Waals surface area contributed by atoms with Crippen molar-refractivity contribution in [2.24, 2.45) is 10.7 Å². The average Bonchev–Trinajstić information content (AvgIpc) is 3.44. The van der Waals surface area contributed by atoms with Gasteiger partial charge in [0.2, 0.25) is 5.79 Å². The summed E-state index contributed by atoms with van der Waals surface area (Å²) in [7, 11) is 5.66. The van der Waals surface area contributed by atoms with E-state index >= 15 is 0 Å². The van der Waals surface area contributed by atoms with E-state index in [1.807, 2.05) is 47.8 Å². The molecule has 0 saturated carbocycles. The van der Waals surface area contributed by atoms with E-state index < -0.39 is 5.79 Å². The monoisotopic (exact) mass is 462 g/mol. The van der Waals surface area contributed by atoms with Crippen LogP contribution in [0.4, 0.5) is 0 Å². The highest BCUT2D eigenvalue weighted by atomic mass is 35.5. The van der Waals surface area contributed by atoms with E-state index in [2.05, 4.69) is 34.6 Å². The summed E-state index contributed by atoms with van der Waals surface area (Å²) in [6.45, 7) is 0. The maximum Gasteiger partial charge on any atom is 0.211 e. The number of nitrogens with one attached hydrogen (secondary N) is 1. The average molecular weight is 463 g/mol. The van der Waals surface area contributed by atoms with Gasteiger partial charge in [0.1, 0.15) is 23.1 Å². The minimum absolute atomic E-state index is 0.254. The van der Waals surface area contributed by atoms with E-state index in [4.69, 9.17) is 27.1 Å². The van der Waals surface area contributed by atoms with Gasteiger partial charge in [-0.25, -0.2) is 9.98 Å². The number of aromatic nitrogens is 2. The number of ether oxygens (including phenoxy) is 1. The van der Waals surface area contributed by atoms with Crippen LogP contribution in [0.15, 0.2) is 77.3 Å². The van der Waals surface area contributed by atoms with Crippen molar-refractivity contribution in [1.29, 1.82) is 0 Å². The summed E-state index contributed by atoms with van der Waals surface area (Å²) in [5, 5.41) is 4.02. The topological polar surface area (TPSA) is 80.7 Å². The van der Waals surface area contributed by atoms with Crippen LogP contribution in [-0.2, 0) is 5.79 Å². The van der Waals surface area contributed by atoms with Crippen LogP contribution in [0.25, 0.3) is 5.69 Å². The Morgan fingerprint density at radius 3 is 2.67 bits per heavy atom. The molecular formula is C25H27ClN6O. The number of allylic oxidation sites excluding steroid dienone is 1. The lowest BCUT2D eigenvalue weighted by Crippen LogP contribution is -2.53. The van der Waals surface area contributed by atoms with Crippen molar-refractivity contribution in [3.05, 3.63) is 88.6 Å². The number of aliphatic imine (C=N–C) groups is 1. The van der Waals surface area contributed by atoms with Crippen LogP contribution < -0.4 is 15.8 Å². The SMILES string of the molecule is COc1cc(C2(N)N=C(N(C)C)C3=C(N2)C(c2ccccc2)CC3)ccc1-n1cnc(Cl)c1. The van der Waals surface area contributed by atoms with Gasteiger partial charge in [0, 0.05) is 43.0 Å². The zero-order valence-electron chi connectivity index (χ0n) is 18.9. The molecule has 1 aromatic heterocycles. The maximum atomic E-state index is 6.97. The summed E-state index contributed by atoms with van der Waals surface area (Å²) in [5.74, 6) is 0.687. The Morgan fingerprint density at radius 1 is 1.21 bits per heavy atom. The summed E-state index contributed by atoms with van der Waals surface area (Å²) >= 11 is 6.01. The second-order valence-electron chi connectivity index (χ2n) is 8.61. The molecule has 0 fully saturated rings. The summed E-state index contributed by atoms with van der Waals surface area (Å²) in [6, 6.07) is 16.4. The fourth-order valence-electron chi connectivity index (χ4n) is 4.72. The van der Waals surface area contributed by atoms with Crippen LogP contribution in [0.5, 0.6) is 5.75 Å². The van der Waals surface area contributed by atoms with E-state index in [0.29, 0.717) is 10.9 Å². The zero-order chi connectivity index (χ0) is 23.2. The van der Waals surface area contributed by atoms with Crippen molar-refractivity contribution < 1.29 is 4.74 Å². The third-order valence-corrected chi connectivity index (χ3v) is 6.50. The van der Waals surface area contributed by atoms with Crippen molar-refractivity contribution in [2.75, 3.05) is 21.2 Å². The molecule has 2 heterocycles. The van der Waals surface area contributed by atoms with Crippen molar-refractivity contribution in [1.82, 2.24) is 19.8 Å². The van der Waals surface area contributed by atoms with Gasteiger partial charge in [-0.15, -0.1) is 0 Å². The van der Waals surface area contributed by atoms with Gasteiger partial charge in [-0.1, -0.05) is 48.0 Å². The van der Waals surface area contributed by atoms with Crippen molar-refractivity contribution in [3.8, 4) is 11.4 Å². The highest BCUT2D eigenvalue weighted by Crippen LogP contribution is 2.43. The first-order chi connectivity index (χ1) is 15.9. The van der Waals surface area contributed by atoms with Crippen LogP contribution in [0.2, 0.25) is 5.15 Å². The number of benzene rings is 2. The van der Waals surface area contributed by atoms with Crippen LogP contribution in [0.3, 0.4) is 0 Å². The van der Waals surface area contributed by atoms with E-state index in [0.717, 1.165) is 35.6 Å². The lowest BCUT2D eigenvalue weighted by Gasteiger charge is -2.37. The zero-order valence-corrected chi connectivity index (χ0v) is 19.7. The van der Waals surface area contributed by atoms with Gasteiger partial charge >= 0.3 is 0 Å². The Kier molecular flexibility index (Phi) is 5.38. The molecule has 0 bridgehead atoms. The third-order valence-electron chi connectivity index (χ3n) is 6.31. The molecule has 2 unspecified atom stereocenters. The third kappa shape index (κ3) is 3.77. The van der Waals surface area contributed by atoms with E-state index in [1.54, 1.807) is 19.6 Å². The van der Waals surface area contributed by atoms with E-state index in [9.17, 15) is 0 Å². The molecule has 33 heavy (non-hydrogen) atoms. The first kappa shape index (κ1) is 21.6. The summed E-state index contributed by atoms with van der Waals surface area (Å²) < 4.78 is 7.51. The second kappa shape index (κ2) is 8.24. The molecule has 1 aliphatic carbocycles. The number of nitrogens with zero attached hydrogens (tertiary/aromatic N) is 4. The van der Waals surface area contributed by atoms with Crippen LogP contribution >= 0.6 is 11.6 Å². The Labute approximate surface area is 198 Å². The van der Waals surface area contributed by atoms with Gasteiger partial charge in [-0.2, -0.15) is 0 Å². The molecule has 0 amide bonds. The number of nitrogens with two attached hydrogens (primary N) is 1. The molecule has 5 rings (SSSR count). The lowest BCUT2D eigenvalue weighted by atomic mass is 9.94. The number of hydrogen-bond donors (Lipinski definition) is 2. The number of rotatable bonds is 4. The molecular weight excluding hydrogens is 436 g/mol. The van der Waals surface area contributed by atoms with Gasteiger partial charge in [0.15, 0.2) is 0 Å². The number of hydrogen-bond acceptors (Lipinski definition) is 6. The number of amidine groups is 1. The highest BCUT2D eigenvalue weighted by molar-refractivity contribution is 6.29. The Bertz CT molecular complexity index is 1250. The molecule has 7 nitrogen and oxygen atoms in total. The van der Waals surface area contributed by atoms with E-state index in [1.165, 1.54) is 11.1 Å². The first-order valence-electron chi connectivity index (χ1n) is 10.9. The minimum atomic E-state index is -1.13. The Morgan fingerprint density at radius 2 is 2.00 bits per heavy atom. The molecule has 1 aliphatic heterocycles. The number of imidazole rings is 1. The maximum absolute atomic E-state index is 6.97. The molecule has 2 aromatic carbocycles. The standard InChI is InChI=1S/C25H27ClN6O/c1-31(2)24-19-11-10-18(16-7-5-4-6-8-16)23(19)29-25(27,30-24)17-9-12-20(21(13-17)33-3)32-14-22(26)28-15-32/h4-9,12-15,18,29H,10-11,27H2,1-3H3. The van der Waals surface area contributed by atoms with Crippen LogP contribution in [-0.4, -0.2) is 41.5 Å². The molecule has 2 atom stereocenters. The quantitative estimate of drug-likeness (QED) is 0.612. The Balaban J connectivity index is 1.57. The van der Waals surface area contributed by atoms with Crippen molar-refractivity contribution >= 4 is 17.4 Å². The molecule has 0 radical (unpaired) electrons. The fourth-order valence-corrected chi connectivity index (χ4v) is 4.87. The van der Waals surface area contributed by atoms with Gasteiger partial charge < -0.3 is 19.5 Å². The molecule has 2 aliphatic rings. The minimum Gasteiger partial charge on any atom is -0.495 e. The predicted molar refractivity (Wildman–Crippen MR) is 131 cm³/mol. The normalized spacial score (nSPS) is 22.0. The number of halogens is 1. The summed E-state index contributed by atoms with van der Waals surface area (Å²) in [4.78, 5) is 11.1. The number of methoxy groups -OCH3 is 1. The van der Waals surface area contributed by atoms with Crippen molar-refractivity contribution in [2.45, 2.75) is 24.5 Å². The summed E-state index contributed by atoms with van der Waals surface area (Å²) in [5.41, 5.74) is 12.2. The van der Waals surface area contributed by atoms with Crippen LogP contribution in [0, 0.1) is 0 Å². The molecule has 170 valence electrons. The largest absolute Gasteiger partial charge is 0.495 e. The molecule has 0 spiro atoms. The first-order valence-corrected chi connectivity index (χ1v) is 11.3. The second-order valence-corrected chi connectivity index (χ2v) is 8.99. The number of likely N-dealkylation sites (N-methyl/N-ethyl adjacent to an activating group) is 1. The predicted octanol–water partition coefficient (Wildman–Crippen LogP) is 4.00. The van der Waals surface area contributed by atoms with Gasteiger partial charge in [0.25, 0.3) is 0 Å². The smallest absolute Gasteiger partial charge is 0.211 e. The molecule has 3 N–H and O–H groups in total. The van der Waals surface area contributed by atoms with Crippen LogP contribution in [0.1, 0.15) is 29.9 Å².